The Labute approximate surface area is 200 Å². The van der Waals surface area contributed by atoms with Crippen LogP contribution in [0.2, 0.25) is 0 Å². The molecule has 0 aliphatic carbocycles. The molecule has 15 heteroatoms. The number of primary amides is 1. The average molecular weight is 502 g/mol. The number of carbonyl (C=O) groups excluding carboxylic acids is 4. The highest BCUT2D eigenvalue weighted by atomic mass is 32.2. The second kappa shape index (κ2) is 14.9. The standard InChI is InChI=1S/C19H31N7O7S/c1-34-5-4-12(24-16(29)11(20)8-27)17(30)26-14(6-10-7-22-9-23-10)18(31)25-13(19(32)33)2-3-15(21)28/h7,9,11-14,27H,2-6,8,20H2,1H3,(H2,21,28)(H,22,23)(H,24,29)(H,25,31)(H,26,30)(H,32,33). The number of imidazole rings is 1. The zero-order chi connectivity index (χ0) is 25.7. The maximum atomic E-state index is 13.0. The second-order valence-corrected chi connectivity index (χ2v) is 8.36. The van der Waals surface area contributed by atoms with Crippen LogP contribution < -0.4 is 27.4 Å². The summed E-state index contributed by atoms with van der Waals surface area (Å²) in [5.74, 6) is -3.85. The van der Waals surface area contributed by atoms with Crippen molar-refractivity contribution in [1.82, 2.24) is 25.9 Å². The summed E-state index contributed by atoms with van der Waals surface area (Å²) in [5, 5.41) is 25.7. The number of nitrogens with zero attached hydrogens (tertiary/aromatic N) is 1. The molecule has 0 aromatic carbocycles. The Morgan fingerprint density at radius 1 is 1.06 bits per heavy atom. The lowest BCUT2D eigenvalue weighted by molar-refractivity contribution is -0.142. The third-order valence-electron chi connectivity index (χ3n) is 4.68. The summed E-state index contributed by atoms with van der Waals surface area (Å²) in [4.78, 5) is 67.1. The number of thioether (sulfide) groups is 1. The van der Waals surface area contributed by atoms with Gasteiger partial charge in [-0.05, 0) is 24.9 Å². The van der Waals surface area contributed by atoms with Gasteiger partial charge in [0.2, 0.25) is 23.6 Å². The first-order valence-corrected chi connectivity index (χ1v) is 11.7. The maximum absolute atomic E-state index is 13.0. The second-order valence-electron chi connectivity index (χ2n) is 7.38. The Kier molecular flexibility index (Phi) is 12.6. The van der Waals surface area contributed by atoms with E-state index in [1.807, 2.05) is 6.26 Å². The lowest BCUT2D eigenvalue weighted by atomic mass is 10.1. The molecule has 0 saturated carbocycles. The van der Waals surface area contributed by atoms with Gasteiger partial charge in [-0.25, -0.2) is 9.78 Å². The number of rotatable bonds is 16. The molecule has 0 radical (unpaired) electrons. The van der Waals surface area contributed by atoms with Gasteiger partial charge in [0.1, 0.15) is 24.2 Å². The molecule has 1 aromatic rings. The zero-order valence-electron chi connectivity index (χ0n) is 18.7. The van der Waals surface area contributed by atoms with Crippen LogP contribution >= 0.6 is 11.8 Å². The van der Waals surface area contributed by atoms with E-state index in [4.69, 9.17) is 16.6 Å². The summed E-state index contributed by atoms with van der Waals surface area (Å²) in [6, 6.07) is -4.92. The quantitative estimate of drug-likeness (QED) is 0.113. The molecule has 1 aromatic heterocycles. The predicted octanol–water partition coefficient (Wildman–Crippen LogP) is -3.17. The van der Waals surface area contributed by atoms with Crippen molar-refractivity contribution in [2.45, 2.75) is 49.9 Å². The molecule has 4 unspecified atom stereocenters. The number of carboxylic acid groups (broad SMARTS) is 1. The number of amides is 4. The van der Waals surface area contributed by atoms with Gasteiger partial charge < -0.3 is 42.6 Å². The van der Waals surface area contributed by atoms with Crippen LogP contribution in [0.15, 0.2) is 12.5 Å². The zero-order valence-corrected chi connectivity index (χ0v) is 19.5. The number of aromatic nitrogens is 2. The SMILES string of the molecule is CSCCC(NC(=O)C(N)CO)C(=O)NC(Cc1cnc[nH]1)C(=O)NC(CCC(N)=O)C(=O)O. The average Bonchev–Trinajstić information content (AvgIpc) is 3.30. The molecule has 0 saturated heterocycles. The van der Waals surface area contributed by atoms with E-state index in [-0.39, 0.29) is 25.7 Å². The molecule has 34 heavy (non-hydrogen) atoms. The fourth-order valence-electron chi connectivity index (χ4n) is 2.78. The number of carboxylic acids is 1. The summed E-state index contributed by atoms with van der Waals surface area (Å²) < 4.78 is 0. The molecule has 0 bridgehead atoms. The van der Waals surface area contributed by atoms with Gasteiger partial charge in [0.15, 0.2) is 0 Å². The van der Waals surface area contributed by atoms with Gasteiger partial charge in [-0.1, -0.05) is 0 Å². The largest absolute Gasteiger partial charge is 0.480 e. The van der Waals surface area contributed by atoms with Crippen LogP contribution in [0.1, 0.15) is 25.0 Å². The lowest BCUT2D eigenvalue weighted by Crippen LogP contribution is -2.58. The Bertz CT molecular complexity index is 837. The summed E-state index contributed by atoms with van der Waals surface area (Å²) >= 11 is 1.43. The Morgan fingerprint density at radius 3 is 2.21 bits per heavy atom. The van der Waals surface area contributed by atoms with Gasteiger partial charge in [0.05, 0.1) is 12.9 Å². The van der Waals surface area contributed by atoms with E-state index in [0.717, 1.165) is 0 Å². The van der Waals surface area contributed by atoms with Gasteiger partial charge in [-0.3, -0.25) is 19.2 Å². The minimum absolute atomic E-state index is 0.0565. The summed E-state index contributed by atoms with van der Waals surface area (Å²) in [6.45, 7) is -0.616. The van der Waals surface area contributed by atoms with Gasteiger partial charge in [0, 0.05) is 24.7 Å². The Hall–Kier alpha value is -3.17. The van der Waals surface area contributed by atoms with E-state index in [1.165, 1.54) is 24.3 Å². The number of hydrogen-bond donors (Lipinski definition) is 8. The van der Waals surface area contributed by atoms with Gasteiger partial charge in [-0.15, -0.1) is 0 Å². The molecule has 10 N–H and O–H groups in total. The van der Waals surface area contributed by atoms with E-state index < -0.39 is 60.4 Å². The van der Waals surface area contributed by atoms with Crippen molar-refractivity contribution in [2.75, 3.05) is 18.6 Å². The summed E-state index contributed by atoms with van der Waals surface area (Å²) in [7, 11) is 0. The number of aliphatic carboxylic acids is 1. The first kappa shape index (κ1) is 28.9. The highest BCUT2D eigenvalue weighted by molar-refractivity contribution is 7.98. The fourth-order valence-corrected chi connectivity index (χ4v) is 3.25. The van der Waals surface area contributed by atoms with Gasteiger partial charge >= 0.3 is 5.97 Å². The number of aliphatic hydroxyl groups excluding tert-OH is 1. The molecule has 190 valence electrons. The fraction of sp³-hybridized carbons (Fsp3) is 0.579. The van der Waals surface area contributed by atoms with Crippen molar-refractivity contribution in [3.8, 4) is 0 Å². The van der Waals surface area contributed by atoms with E-state index in [1.54, 1.807) is 0 Å². The summed E-state index contributed by atoms with van der Waals surface area (Å²) in [5.41, 5.74) is 11.0. The molecule has 0 spiro atoms. The third kappa shape index (κ3) is 10.2. The lowest BCUT2D eigenvalue weighted by Gasteiger charge is -2.25. The van der Waals surface area contributed by atoms with Crippen LogP contribution in [0, 0.1) is 0 Å². The van der Waals surface area contributed by atoms with E-state index in [9.17, 15) is 29.1 Å². The number of hydrogen-bond acceptors (Lipinski definition) is 9. The number of nitrogens with two attached hydrogens (primary N) is 2. The molecule has 0 aliphatic heterocycles. The highest BCUT2D eigenvalue weighted by Crippen LogP contribution is 2.06. The number of carbonyl (C=O) groups is 5. The Balaban J connectivity index is 3.03. The topological polar surface area (TPSA) is 243 Å². The molecular formula is C19H31N7O7S. The van der Waals surface area contributed by atoms with Crippen LogP contribution in [-0.4, -0.2) is 92.6 Å². The highest BCUT2D eigenvalue weighted by Gasteiger charge is 2.30. The molecule has 4 atom stereocenters. The van der Waals surface area contributed by atoms with E-state index in [0.29, 0.717) is 11.4 Å². The molecule has 14 nitrogen and oxygen atoms in total. The summed E-state index contributed by atoms with van der Waals surface area (Å²) in [6.07, 6.45) is 4.28. The molecule has 4 amide bonds. The van der Waals surface area contributed by atoms with E-state index in [2.05, 4.69) is 25.9 Å². The normalized spacial score (nSPS) is 14.3. The van der Waals surface area contributed by atoms with E-state index >= 15 is 0 Å². The van der Waals surface area contributed by atoms with Gasteiger partial charge in [0.25, 0.3) is 0 Å². The van der Waals surface area contributed by atoms with Crippen LogP contribution in [0.25, 0.3) is 0 Å². The van der Waals surface area contributed by atoms with Crippen LogP contribution in [0.5, 0.6) is 0 Å². The molecule has 1 heterocycles. The smallest absolute Gasteiger partial charge is 0.326 e. The van der Waals surface area contributed by atoms with Gasteiger partial charge in [-0.2, -0.15) is 11.8 Å². The minimum Gasteiger partial charge on any atom is -0.480 e. The monoisotopic (exact) mass is 501 g/mol. The molecule has 1 rings (SSSR count). The van der Waals surface area contributed by atoms with Crippen LogP contribution in [0.4, 0.5) is 0 Å². The van der Waals surface area contributed by atoms with Crippen molar-refractivity contribution in [1.29, 1.82) is 0 Å². The first-order chi connectivity index (χ1) is 16.1. The van der Waals surface area contributed by atoms with Crippen molar-refractivity contribution in [3.05, 3.63) is 18.2 Å². The molecule has 0 fully saturated rings. The number of aromatic amines is 1. The molecule has 0 aliphatic rings. The van der Waals surface area contributed by atoms with Crippen LogP contribution in [0.3, 0.4) is 0 Å². The molecular weight excluding hydrogens is 470 g/mol. The van der Waals surface area contributed by atoms with Crippen molar-refractivity contribution in [3.63, 3.8) is 0 Å². The number of nitrogens with one attached hydrogen (secondary N) is 4. The first-order valence-electron chi connectivity index (χ1n) is 10.3. The maximum Gasteiger partial charge on any atom is 0.326 e. The van der Waals surface area contributed by atoms with Crippen LogP contribution in [-0.2, 0) is 30.4 Å². The Morgan fingerprint density at radius 2 is 1.68 bits per heavy atom. The van der Waals surface area contributed by atoms with Crippen molar-refractivity contribution in [2.24, 2.45) is 11.5 Å². The number of aliphatic hydroxyl groups is 1. The minimum atomic E-state index is -1.41. The number of H-pyrrole nitrogens is 1. The predicted molar refractivity (Wildman–Crippen MR) is 122 cm³/mol. The third-order valence-corrected chi connectivity index (χ3v) is 5.33. The van der Waals surface area contributed by atoms with Crippen molar-refractivity contribution >= 4 is 41.4 Å². The van der Waals surface area contributed by atoms with Crippen molar-refractivity contribution < 1.29 is 34.2 Å².